The summed E-state index contributed by atoms with van der Waals surface area (Å²) in [6.07, 6.45) is 70.0. The standard InChI is InChI=1S/C12H20O2.7C6H12/c1-10(13)8-12(9-11(2)14)6-4-3-5-7-12;7*1-2-4-6-5-3-1/h3-9H2,1-2H3;7*1-6H2. The van der Waals surface area contributed by atoms with E-state index in [1.165, 1.54) is 289 Å². The van der Waals surface area contributed by atoms with Crippen molar-refractivity contribution in [3.8, 4) is 0 Å². The van der Waals surface area contributed by atoms with Gasteiger partial charge in [-0.05, 0) is 32.1 Å². The Morgan fingerprint density at radius 2 is 0.339 bits per heavy atom. The van der Waals surface area contributed by atoms with E-state index >= 15 is 0 Å². The van der Waals surface area contributed by atoms with E-state index in [1.807, 2.05) is 0 Å². The largest absolute Gasteiger partial charge is 0.300 e. The van der Waals surface area contributed by atoms with E-state index in [1.54, 1.807) is 13.8 Å². The molecule has 0 aromatic carbocycles. The highest BCUT2D eigenvalue weighted by Gasteiger charge is 2.34. The Morgan fingerprint density at radius 1 is 0.232 bits per heavy atom. The molecule has 0 saturated heterocycles. The summed E-state index contributed by atoms with van der Waals surface area (Å²) >= 11 is 0. The molecule has 332 valence electrons. The zero-order valence-electron chi connectivity index (χ0n) is 39.0. The lowest BCUT2D eigenvalue weighted by Gasteiger charge is -2.35. The Balaban J connectivity index is 0.000000329. The van der Waals surface area contributed by atoms with Crippen LogP contribution in [0.15, 0.2) is 0 Å². The van der Waals surface area contributed by atoms with Gasteiger partial charge in [-0.25, -0.2) is 0 Å². The normalized spacial score (nSPS) is 23.1. The van der Waals surface area contributed by atoms with Crippen molar-refractivity contribution in [1.82, 2.24) is 0 Å². The molecule has 8 saturated carbocycles. The minimum Gasteiger partial charge on any atom is -0.300 e. The van der Waals surface area contributed by atoms with Gasteiger partial charge in [-0.2, -0.15) is 0 Å². The van der Waals surface area contributed by atoms with E-state index in [0.717, 1.165) is 12.8 Å². The monoisotopic (exact) mass is 785 g/mol. The summed E-state index contributed by atoms with van der Waals surface area (Å²) in [5, 5.41) is 0. The van der Waals surface area contributed by atoms with Crippen molar-refractivity contribution < 1.29 is 9.59 Å². The molecule has 0 atom stereocenters. The maximum Gasteiger partial charge on any atom is 0.130 e. The summed E-state index contributed by atoms with van der Waals surface area (Å²) in [5.41, 5.74) is 0.0237. The number of hydrogen-bond acceptors (Lipinski definition) is 2. The Kier molecular flexibility index (Phi) is 40.5. The summed E-state index contributed by atoms with van der Waals surface area (Å²) in [7, 11) is 0. The number of carbonyl (C=O) groups is 2. The van der Waals surface area contributed by atoms with Crippen LogP contribution < -0.4 is 0 Å². The zero-order valence-corrected chi connectivity index (χ0v) is 39.0. The van der Waals surface area contributed by atoms with Gasteiger partial charge in [-0.1, -0.05) is 289 Å². The van der Waals surface area contributed by atoms with Crippen LogP contribution in [0.4, 0.5) is 0 Å². The molecule has 0 unspecified atom stereocenters. The Labute approximate surface area is 353 Å². The molecule has 0 N–H and O–H groups in total. The first-order valence-corrected chi connectivity index (χ1v) is 26.5. The van der Waals surface area contributed by atoms with Crippen LogP contribution in [-0.2, 0) is 9.59 Å². The lowest BCUT2D eigenvalue weighted by molar-refractivity contribution is -0.123. The second-order valence-corrected chi connectivity index (χ2v) is 19.7. The van der Waals surface area contributed by atoms with Gasteiger partial charge in [0.1, 0.15) is 11.6 Å². The van der Waals surface area contributed by atoms with Crippen LogP contribution >= 0.6 is 0 Å². The van der Waals surface area contributed by atoms with Crippen LogP contribution in [0, 0.1) is 5.41 Å². The molecule has 0 aromatic heterocycles. The molecule has 8 fully saturated rings. The average molecular weight is 785 g/mol. The first-order chi connectivity index (χ1) is 27.5. The van der Waals surface area contributed by atoms with Crippen molar-refractivity contribution in [2.24, 2.45) is 5.41 Å². The zero-order chi connectivity index (χ0) is 40.3. The Morgan fingerprint density at radius 3 is 0.446 bits per heavy atom. The number of Topliss-reactive ketones (excluding diaryl/α,β-unsaturated/α-hetero) is 2. The van der Waals surface area contributed by atoms with Gasteiger partial charge >= 0.3 is 0 Å². The van der Waals surface area contributed by atoms with Crippen LogP contribution in [0.1, 0.15) is 328 Å². The highest BCUT2D eigenvalue weighted by Crippen LogP contribution is 2.42. The van der Waals surface area contributed by atoms with Gasteiger partial charge in [0.05, 0.1) is 0 Å². The second-order valence-electron chi connectivity index (χ2n) is 19.7. The van der Waals surface area contributed by atoms with Crippen molar-refractivity contribution >= 4 is 11.6 Å². The number of rotatable bonds is 4. The van der Waals surface area contributed by atoms with E-state index in [2.05, 4.69) is 0 Å². The lowest BCUT2D eigenvalue weighted by atomic mass is 9.68. The van der Waals surface area contributed by atoms with E-state index in [9.17, 15) is 9.59 Å². The molecule has 56 heavy (non-hydrogen) atoms. The molecule has 0 spiro atoms. The minimum absolute atomic E-state index is 0.0237. The molecule has 0 aliphatic heterocycles. The average Bonchev–Trinajstić information content (AvgIpc) is 3.29. The molecule has 0 bridgehead atoms. The van der Waals surface area contributed by atoms with Gasteiger partial charge in [0, 0.05) is 12.8 Å². The number of hydrogen-bond donors (Lipinski definition) is 0. The second kappa shape index (κ2) is 42.5. The third-order valence-electron chi connectivity index (χ3n) is 13.7. The van der Waals surface area contributed by atoms with Gasteiger partial charge in [-0.3, -0.25) is 0 Å². The fraction of sp³-hybridized carbons (Fsp3) is 0.963. The van der Waals surface area contributed by atoms with Gasteiger partial charge in [0.25, 0.3) is 0 Å². The highest BCUT2D eigenvalue weighted by molar-refractivity contribution is 5.80. The lowest BCUT2D eigenvalue weighted by Crippen LogP contribution is -2.28. The fourth-order valence-corrected chi connectivity index (χ4v) is 10.2. The van der Waals surface area contributed by atoms with E-state index in [0.29, 0.717) is 12.8 Å². The summed E-state index contributed by atoms with van der Waals surface area (Å²) in [6, 6.07) is 0. The summed E-state index contributed by atoms with van der Waals surface area (Å²) in [6.45, 7) is 3.27. The molecule has 2 heteroatoms. The van der Waals surface area contributed by atoms with Crippen LogP contribution in [0.3, 0.4) is 0 Å². The number of carbonyl (C=O) groups excluding carboxylic acids is 2. The molecular formula is C54H104O2. The molecule has 0 heterocycles. The van der Waals surface area contributed by atoms with Gasteiger partial charge in [-0.15, -0.1) is 0 Å². The van der Waals surface area contributed by atoms with E-state index in [-0.39, 0.29) is 17.0 Å². The number of ketones is 2. The van der Waals surface area contributed by atoms with Crippen LogP contribution in [0.2, 0.25) is 0 Å². The topological polar surface area (TPSA) is 34.1 Å². The van der Waals surface area contributed by atoms with E-state index < -0.39 is 0 Å². The first-order valence-electron chi connectivity index (χ1n) is 26.5. The van der Waals surface area contributed by atoms with Gasteiger partial charge in [0.2, 0.25) is 0 Å². The van der Waals surface area contributed by atoms with Crippen molar-refractivity contribution in [3.63, 3.8) is 0 Å². The summed E-state index contributed by atoms with van der Waals surface area (Å²) in [4.78, 5) is 22.4. The summed E-state index contributed by atoms with van der Waals surface area (Å²) in [5.74, 6) is 0.460. The predicted molar refractivity (Wildman–Crippen MR) is 250 cm³/mol. The van der Waals surface area contributed by atoms with E-state index in [4.69, 9.17) is 0 Å². The van der Waals surface area contributed by atoms with Crippen LogP contribution in [0.5, 0.6) is 0 Å². The summed E-state index contributed by atoms with van der Waals surface area (Å²) < 4.78 is 0. The highest BCUT2D eigenvalue weighted by atomic mass is 16.1. The maximum atomic E-state index is 11.2. The van der Waals surface area contributed by atoms with Crippen molar-refractivity contribution in [1.29, 1.82) is 0 Å². The predicted octanol–water partition coefficient (Wildman–Crippen LogP) is 19.3. The van der Waals surface area contributed by atoms with Crippen molar-refractivity contribution in [2.75, 3.05) is 0 Å². The van der Waals surface area contributed by atoms with Crippen LogP contribution in [-0.4, -0.2) is 11.6 Å². The quantitative estimate of drug-likeness (QED) is 0.284. The maximum absolute atomic E-state index is 11.2. The molecular weight excluding hydrogens is 681 g/mol. The SMILES string of the molecule is C1CCCCC1.C1CCCCC1.C1CCCCC1.C1CCCCC1.C1CCCCC1.C1CCCCC1.C1CCCCC1.CC(=O)CC1(CC(C)=O)CCCCC1. The first kappa shape index (κ1) is 53.4. The van der Waals surface area contributed by atoms with Gasteiger partial charge in [0.15, 0.2) is 0 Å². The molecule has 0 radical (unpaired) electrons. The molecule has 0 aromatic rings. The third kappa shape index (κ3) is 38.8. The molecule has 8 aliphatic carbocycles. The molecule has 0 amide bonds. The Hall–Kier alpha value is -0.660. The third-order valence-corrected chi connectivity index (χ3v) is 13.7. The molecule has 2 nitrogen and oxygen atoms in total. The molecule has 8 aliphatic rings. The minimum atomic E-state index is 0.0237. The van der Waals surface area contributed by atoms with Crippen molar-refractivity contribution in [2.45, 2.75) is 328 Å². The Bertz CT molecular complexity index is 565. The van der Waals surface area contributed by atoms with Gasteiger partial charge < -0.3 is 9.59 Å². The smallest absolute Gasteiger partial charge is 0.130 e. The fourth-order valence-electron chi connectivity index (χ4n) is 10.2. The van der Waals surface area contributed by atoms with Crippen molar-refractivity contribution in [3.05, 3.63) is 0 Å². The molecule has 8 rings (SSSR count). The van der Waals surface area contributed by atoms with Crippen LogP contribution in [0.25, 0.3) is 0 Å².